The second kappa shape index (κ2) is 9.51. The molecule has 1 aliphatic heterocycles. The molecule has 4 nitrogen and oxygen atoms in total. The fourth-order valence-corrected chi connectivity index (χ4v) is 3.51. The molecule has 1 saturated heterocycles. The van der Waals surface area contributed by atoms with Gasteiger partial charge in [0.1, 0.15) is 11.6 Å². The molecule has 0 radical (unpaired) electrons. The molecular weight excluding hydrogens is 343 g/mol. The average Bonchev–Trinajstić information content (AvgIpc) is 2.69. The van der Waals surface area contributed by atoms with Gasteiger partial charge in [-0.1, -0.05) is 24.3 Å². The summed E-state index contributed by atoms with van der Waals surface area (Å²) in [6.45, 7) is 5.55. The molecule has 2 aromatic carbocycles. The second-order valence-electron chi connectivity index (χ2n) is 7.00. The lowest BCUT2D eigenvalue weighted by Gasteiger charge is -2.32. The number of carbonyl (C=O) groups is 1. The quantitative estimate of drug-likeness (QED) is 0.807. The molecule has 0 spiro atoms. The second-order valence-corrected chi connectivity index (χ2v) is 7.00. The summed E-state index contributed by atoms with van der Waals surface area (Å²) in [6, 6.07) is 14.4. The predicted octanol–water partition coefficient (Wildman–Crippen LogP) is 3.75. The lowest BCUT2D eigenvalue weighted by Crippen LogP contribution is -2.42. The van der Waals surface area contributed by atoms with Gasteiger partial charge >= 0.3 is 0 Å². The number of nitrogens with one attached hydrogen (secondary N) is 1. The highest BCUT2D eigenvalue weighted by Gasteiger charge is 2.25. The minimum absolute atomic E-state index is 0.00530. The number of likely N-dealkylation sites (tertiary alicyclic amines) is 1. The molecule has 1 fully saturated rings. The molecule has 0 bridgehead atoms. The molecule has 1 amide bonds. The summed E-state index contributed by atoms with van der Waals surface area (Å²) in [7, 11) is 0. The number of rotatable bonds is 7. The Morgan fingerprint density at radius 3 is 2.81 bits per heavy atom. The van der Waals surface area contributed by atoms with Gasteiger partial charge in [0.2, 0.25) is 5.91 Å². The van der Waals surface area contributed by atoms with Crippen molar-refractivity contribution in [1.29, 1.82) is 0 Å². The Labute approximate surface area is 160 Å². The fraction of sp³-hybridized carbons (Fsp3) is 0.409. The monoisotopic (exact) mass is 370 g/mol. The number of piperidine rings is 1. The van der Waals surface area contributed by atoms with Crippen LogP contribution in [0.3, 0.4) is 0 Å². The summed E-state index contributed by atoms with van der Waals surface area (Å²) in [5, 5.41) is 3.06. The first kappa shape index (κ1) is 19.4. The van der Waals surface area contributed by atoms with Gasteiger partial charge in [-0.05, 0) is 61.7 Å². The van der Waals surface area contributed by atoms with Crippen molar-refractivity contribution >= 4 is 5.91 Å². The topological polar surface area (TPSA) is 41.6 Å². The van der Waals surface area contributed by atoms with Crippen LogP contribution in [-0.2, 0) is 17.9 Å². The Bertz CT molecular complexity index is 748. The van der Waals surface area contributed by atoms with E-state index in [0.29, 0.717) is 13.2 Å². The first-order chi connectivity index (χ1) is 13.1. The van der Waals surface area contributed by atoms with Gasteiger partial charge < -0.3 is 10.1 Å². The van der Waals surface area contributed by atoms with Crippen LogP contribution >= 0.6 is 0 Å². The molecule has 3 rings (SSSR count). The van der Waals surface area contributed by atoms with Gasteiger partial charge in [-0.15, -0.1) is 0 Å². The lowest BCUT2D eigenvalue weighted by atomic mass is 9.96. The normalized spacial score (nSPS) is 17.5. The number of amides is 1. The first-order valence-corrected chi connectivity index (χ1v) is 9.60. The van der Waals surface area contributed by atoms with E-state index < -0.39 is 0 Å². The number of hydrogen-bond acceptors (Lipinski definition) is 3. The Balaban J connectivity index is 1.50. The SMILES string of the molecule is CCOc1cccc(CNC(=O)[C@H]2CCCN(Cc3ccc(F)cc3)C2)c1. The Morgan fingerprint density at radius 1 is 1.22 bits per heavy atom. The highest BCUT2D eigenvalue weighted by molar-refractivity contribution is 5.79. The van der Waals surface area contributed by atoms with Crippen molar-refractivity contribution in [3.63, 3.8) is 0 Å². The average molecular weight is 370 g/mol. The molecule has 1 atom stereocenters. The molecule has 5 heteroatoms. The number of halogens is 1. The number of carbonyl (C=O) groups excluding carboxylic acids is 1. The van der Waals surface area contributed by atoms with Crippen LogP contribution in [0, 0.1) is 11.7 Å². The van der Waals surface area contributed by atoms with Crippen molar-refractivity contribution in [3.8, 4) is 5.75 Å². The number of ether oxygens (including phenoxy) is 1. The van der Waals surface area contributed by atoms with Crippen LogP contribution in [0.5, 0.6) is 5.75 Å². The summed E-state index contributed by atoms with van der Waals surface area (Å²) >= 11 is 0. The van der Waals surface area contributed by atoms with Crippen LogP contribution in [0.15, 0.2) is 48.5 Å². The van der Waals surface area contributed by atoms with Gasteiger partial charge in [0.15, 0.2) is 0 Å². The Morgan fingerprint density at radius 2 is 2.04 bits per heavy atom. The van der Waals surface area contributed by atoms with Crippen LogP contribution in [0.4, 0.5) is 4.39 Å². The van der Waals surface area contributed by atoms with E-state index in [1.54, 1.807) is 0 Å². The number of hydrogen-bond donors (Lipinski definition) is 1. The summed E-state index contributed by atoms with van der Waals surface area (Å²) in [5.74, 6) is 0.699. The van der Waals surface area contributed by atoms with Crippen molar-refractivity contribution in [2.24, 2.45) is 5.92 Å². The molecule has 0 unspecified atom stereocenters. The standard InChI is InChI=1S/C22H27FN2O2/c1-2-27-21-7-3-5-18(13-21)14-24-22(26)19-6-4-12-25(16-19)15-17-8-10-20(23)11-9-17/h3,5,7-11,13,19H,2,4,6,12,14-16H2,1H3,(H,24,26)/t19-/m0/s1. The highest BCUT2D eigenvalue weighted by Crippen LogP contribution is 2.19. The van der Waals surface area contributed by atoms with Crippen LogP contribution in [0.1, 0.15) is 30.9 Å². The van der Waals surface area contributed by atoms with Crippen LogP contribution in [0.25, 0.3) is 0 Å². The van der Waals surface area contributed by atoms with E-state index in [2.05, 4.69) is 10.2 Å². The minimum atomic E-state index is -0.219. The first-order valence-electron chi connectivity index (χ1n) is 9.60. The van der Waals surface area contributed by atoms with Gasteiger partial charge in [0.25, 0.3) is 0 Å². The number of nitrogens with zero attached hydrogens (tertiary/aromatic N) is 1. The minimum Gasteiger partial charge on any atom is -0.494 e. The van der Waals surface area contributed by atoms with E-state index in [-0.39, 0.29) is 17.6 Å². The van der Waals surface area contributed by atoms with Crippen molar-refractivity contribution in [1.82, 2.24) is 10.2 Å². The smallest absolute Gasteiger partial charge is 0.224 e. The summed E-state index contributed by atoms with van der Waals surface area (Å²) in [6.07, 6.45) is 1.91. The molecule has 1 N–H and O–H groups in total. The fourth-order valence-electron chi connectivity index (χ4n) is 3.51. The van der Waals surface area contributed by atoms with Crippen LogP contribution in [-0.4, -0.2) is 30.5 Å². The molecule has 1 heterocycles. The Kier molecular flexibility index (Phi) is 6.82. The van der Waals surface area contributed by atoms with Crippen molar-refractivity contribution in [3.05, 3.63) is 65.5 Å². The lowest BCUT2D eigenvalue weighted by molar-refractivity contribution is -0.126. The molecule has 1 aliphatic rings. The van der Waals surface area contributed by atoms with Crippen LogP contribution < -0.4 is 10.1 Å². The van der Waals surface area contributed by atoms with Crippen LogP contribution in [0.2, 0.25) is 0 Å². The van der Waals surface area contributed by atoms with Gasteiger partial charge in [0.05, 0.1) is 12.5 Å². The van der Waals surface area contributed by atoms with Gasteiger partial charge in [-0.3, -0.25) is 9.69 Å². The zero-order valence-corrected chi connectivity index (χ0v) is 15.8. The zero-order valence-electron chi connectivity index (χ0n) is 15.8. The van der Waals surface area contributed by atoms with E-state index in [1.807, 2.05) is 43.3 Å². The van der Waals surface area contributed by atoms with E-state index in [4.69, 9.17) is 4.74 Å². The zero-order chi connectivity index (χ0) is 19.1. The molecule has 0 aromatic heterocycles. The maximum absolute atomic E-state index is 13.1. The maximum Gasteiger partial charge on any atom is 0.224 e. The van der Waals surface area contributed by atoms with E-state index in [9.17, 15) is 9.18 Å². The van der Waals surface area contributed by atoms with Crippen molar-refractivity contribution in [2.45, 2.75) is 32.9 Å². The van der Waals surface area contributed by atoms with Gasteiger partial charge in [-0.25, -0.2) is 4.39 Å². The Hall–Kier alpha value is -2.40. The van der Waals surface area contributed by atoms with E-state index in [1.165, 1.54) is 12.1 Å². The van der Waals surface area contributed by atoms with E-state index in [0.717, 1.165) is 49.4 Å². The molecular formula is C22H27FN2O2. The third kappa shape index (κ3) is 5.79. The van der Waals surface area contributed by atoms with Gasteiger partial charge in [-0.2, -0.15) is 0 Å². The molecule has 2 aromatic rings. The summed E-state index contributed by atoms with van der Waals surface area (Å²) in [4.78, 5) is 14.9. The molecule has 0 saturated carbocycles. The van der Waals surface area contributed by atoms with Crippen molar-refractivity contribution < 1.29 is 13.9 Å². The van der Waals surface area contributed by atoms with Crippen molar-refractivity contribution in [2.75, 3.05) is 19.7 Å². The third-order valence-corrected chi connectivity index (χ3v) is 4.87. The largest absolute Gasteiger partial charge is 0.494 e. The molecule has 144 valence electrons. The highest BCUT2D eigenvalue weighted by atomic mass is 19.1. The third-order valence-electron chi connectivity index (χ3n) is 4.87. The molecule has 27 heavy (non-hydrogen) atoms. The maximum atomic E-state index is 13.1. The van der Waals surface area contributed by atoms with Gasteiger partial charge in [0, 0.05) is 19.6 Å². The number of benzene rings is 2. The summed E-state index contributed by atoms with van der Waals surface area (Å²) in [5.41, 5.74) is 2.11. The summed E-state index contributed by atoms with van der Waals surface area (Å²) < 4.78 is 18.6. The van der Waals surface area contributed by atoms with E-state index >= 15 is 0 Å². The molecule has 0 aliphatic carbocycles. The predicted molar refractivity (Wildman–Crippen MR) is 104 cm³/mol.